The Kier molecular flexibility index (Phi) is 4.83. The van der Waals surface area contributed by atoms with Gasteiger partial charge in [0.1, 0.15) is 5.75 Å². The number of phenolic OH excluding ortho intramolecular Hbond substituents is 1. The molecular formula is C13H19NO2. The van der Waals surface area contributed by atoms with Crippen LogP contribution in [0.5, 0.6) is 5.75 Å². The van der Waals surface area contributed by atoms with Crippen molar-refractivity contribution in [3.05, 3.63) is 29.8 Å². The number of nitrogens with one attached hydrogen (secondary N) is 1. The molecule has 0 spiro atoms. The molecule has 0 bridgehead atoms. The van der Waals surface area contributed by atoms with Crippen molar-refractivity contribution in [1.82, 2.24) is 5.32 Å². The smallest absolute Gasteiger partial charge is 0.223 e. The van der Waals surface area contributed by atoms with E-state index in [-0.39, 0.29) is 17.6 Å². The van der Waals surface area contributed by atoms with Gasteiger partial charge < -0.3 is 10.4 Å². The molecule has 0 fully saturated rings. The molecule has 1 unspecified atom stereocenters. The summed E-state index contributed by atoms with van der Waals surface area (Å²) >= 11 is 0. The lowest BCUT2D eigenvalue weighted by Gasteiger charge is -2.11. The van der Waals surface area contributed by atoms with Crippen LogP contribution in [0.1, 0.15) is 32.3 Å². The van der Waals surface area contributed by atoms with Gasteiger partial charge in [-0.3, -0.25) is 4.79 Å². The Morgan fingerprint density at radius 1 is 1.44 bits per heavy atom. The van der Waals surface area contributed by atoms with E-state index < -0.39 is 0 Å². The quantitative estimate of drug-likeness (QED) is 0.802. The summed E-state index contributed by atoms with van der Waals surface area (Å²) in [7, 11) is 0. The van der Waals surface area contributed by atoms with E-state index >= 15 is 0 Å². The highest BCUT2D eigenvalue weighted by molar-refractivity contribution is 5.78. The first-order valence-corrected chi connectivity index (χ1v) is 5.69. The predicted molar refractivity (Wildman–Crippen MR) is 64.0 cm³/mol. The second-order valence-corrected chi connectivity index (χ2v) is 4.04. The van der Waals surface area contributed by atoms with Gasteiger partial charge in [0.05, 0.1) is 0 Å². The van der Waals surface area contributed by atoms with Gasteiger partial charge >= 0.3 is 0 Å². The molecule has 0 aliphatic carbocycles. The van der Waals surface area contributed by atoms with Crippen molar-refractivity contribution in [2.75, 3.05) is 0 Å². The molecule has 16 heavy (non-hydrogen) atoms. The first-order chi connectivity index (χ1) is 7.65. The zero-order valence-electron chi connectivity index (χ0n) is 9.86. The number of phenols is 1. The summed E-state index contributed by atoms with van der Waals surface area (Å²) in [5, 5.41) is 12.3. The van der Waals surface area contributed by atoms with Gasteiger partial charge in [0, 0.05) is 18.0 Å². The predicted octanol–water partition coefficient (Wildman–Crippen LogP) is 2.44. The van der Waals surface area contributed by atoms with Crippen LogP contribution in [0.4, 0.5) is 0 Å². The molecule has 1 aromatic carbocycles. The van der Waals surface area contributed by atoms with Crippen molar-refractivity contribution in [2.24, 2.45) is 5.92 Å². The Labute approximate surface area is 96.5 Å². The number of hydrogen-bond donors (Lipinski definition) is 2. The van der Waals surface area contributed by atoms with Crippen LogP contribution in [0.3, 0.4) is 0 Å². The van der Waals surface area contributed by atoms with E-state index in [0.717, 1.165) is 18.4 Å². The number of rotatable bonds is 5. The van der Waals surface area contributed by atoms with Crippen molar-refractivity contribution in [3.8, 4) is 5.75 Å². The highest BCUT2D eigenvalue weighted by Crippen LogP contribution is 2.15. The lowest BCUT2D eigenvalue weighted by molar-refractivity contribution is -0.124. The Balaban J connectivity index is 2.46. The van der Waals surface area contributed by atoms with Crippen LogP contribution in [0, 0.1) is 5.92 Å². The van der Waals surface area contributed by atoms with Crippen LogP contribution in [-0.2, 0) is 11.3 Å². The molecule has 1 rings (SSSR count). The van der Waals surface area contributed by atoms with E-state index in [1.54, 1.807) is 18.2 Å². The number of hydrogen-bond acceptors (Lipinski definition) is 2. The van der Waals surface area contributed by atoms with E-state index in [1.807, 2.05) is 13.0 Å². The van der Waals surface area contributed by atoms with Crippen molar-refractivity contribution in [3.63, 3.8) is 0 Å². The summed E-state index contributed by atoms with van der Waals surface area (Å²) in [6, 6.07) is 7.04. The third kappa shape index (κ3) is 3.57. The zero-order valence-corrected chi connectivity index (χ0v) is 9.86. The zero-order chi connectivity index (χ0) is 12.0. The van der Waals surface area contributed by atoms with Gasteiger partial charge in [-0.2, -0.15) is 0 Å². The van der Waals surface area contributed by atoms with E-state index in [9.17, 15) is 9.90 Å². The molecule has 0 aromatic heterocycles. The Morgan fingerprint density at radius 2 is 2.12 bits per heavy atom. The van der Waals surface area contributed by atoms with Crippen LogP contribution < -0.4 is 5.32 Å². The van der Waals surface area contributed by atoms with E-state index in [4.69, 9.17) is 0 Å². The van der Waals surface area contributed by atoms with Crippen molar-refractivity contribution < 1.29 is 9.90 Å². The average molecular weight is 221 g/mol. The summed E-state index contributed by atoms with van der Waals surface area (Å²) in [4.78, 5) is 11.6. The standard InChI is InChI=1S/C13H19NO2/c1-3-6-10(2)13(16)14-9-11-7-4-5-8-12(11)15/h4-5,7-8,10,15H,3,6,9H2,1-2H3,(H,14,16). The Hall–Kier alpha value is -1.51. The van der Waals surface area contributed by atoms with Gasteiger partial charge in [0.15, 0.2) is 0 Å². The molecule has 0 aliphatic heterocycles. The molecule has 0 aliphatic rings. The fraction of sp³-hybridized carbons (Fsp3) is 0.462. The molecule has 3 nitrogen and oxygen atoms in total. The summed E-state index contributed by atoms with van der Waals surface area (Å²) < 4.78 is 0. The molecule has 0 radical (unpaired) electrons. The van der Waals surface area contributed by atoms with E-state index in [0.29, 0.717) is 6.54 Å². The van der Waals surface area contributed by atoms with Gasteiger partial charge in [0.2, 0.25) is 5.91 Å². The summed E-state index contributed by atoms with van der Waals surface area (Å²) in [6.45, 7) is 4.37. The minimum atomic E-state index is 0.0378. The van der Waals surface area contributed by atoms with Crippen molar-refractivity contribution in [2.45, 2.75) is 33.2 Å². The fourth-order valence-electron chi connectivity index (χ4n) is 1.58. The summed E-state index contributed by atoms with van der Waals surface area (Å²) in [5.41, 5.74) is 0.750. The third-order valence-corrected chi connectivity index (χ3v) is 2.61. The number of carbonyl (C=O) groups is 1. The number of amides is 1. The first-order valence-electron chi connectivity index (χ1n) is 5.69. The molecule has 1 atom stereocenters. The molecule has 0 saturated heterocycles. The molecule has 1 aromatic rings. The lowest BCUT2D eigenvalue weighted by atomic mass is 10.1. The van der Waals surface area contributed by atoms with Crippen LogP contribution in [-0.4, -0.2) is 11.0 Å². The number of benzene rings is 1. The van der Waals surface area contributed by atoms with Crippen LogP contribution in [0.2, 0.25) is 0 Å². The molecule has 0 saturated carbocycles. The topological polar surface area (TPSA) is 49.3 Å². The minimum Gasteiger partial charge on any atom is -0.508 e. The van der Waals surface area contributed by atoms with Gasteiger partial charge in [0.25, 0.3) is 0 Å². The van der Waals surface area contributed by atoms with Gasteiger partial charge in [-0.25, -0.2) is 0 Å². The van der Waals surface area contributed by atoms with Gasteiger partial charge in [-0.05, 0) is 12.5 Å². The molecular weight excluding hydrogens is 202 g/mol. The van der Waals surface area contributed by atoms with Crippen LogP contribution in [0.25, 0.3) is 0 Å². The summed E-state index contributed by atoms with van der Waals surface area (Å²) in [5.74, 6) is 0.312. The SMILES string of the molecule is CCCC(C)C(=O)NCc1ccccc1O. The first kappa shape index (κ1) is 12.6. The second-order valence-electron chi connectivity index (χ2n) is 4.04. The third-order valence-electron chi connectivity index (χ3n) is 2.61. The highest BCUT2D eigenvalue weighted by atomic mass is 16.3. The fourth-order valence-corrected chi connectivity index (χ4v) is 1.58. The molecule has 1 amide bonds. The van der Waals surface area contributed by atoms with Gasteiger partial charge in [-0.15, -0.1) is 0 Å². The maximum Gasteiger partial charge on any atom is 0.223 e. The largest absolute Gasteiger partial charge is 0.508 e. The number of para-hydroxylation sites is 1. The normalized spacial score (nSPS) is 12.1. The number of carbonyl (C=O) groups excluding carboxylic acids is 1. The average Bonchev–Trinajstić information content (AvgIpc) is 2.28. The second kappa shape index (κ2) is 6.16. The molecule has 88 valence electrons. The monoisotopic (exact) mass is 221 g/mol. The van der Waals surface area contributed by atoms with E-state index in [2.05, 4.69) is 12.2 Å². The van der Waals surface area contributed by atoms with Crippen molar-refractivity contribution in [1.29, 1.82) is 0 Å². The Morgan fingerprint density at radius 3 is 2.75 bits per heavy atom. The number of aromatic hydroxyl groups is 1. The maximum atomic E-state index is 11.6. The van der Waals surface area contributed by atoms with Crippen LogP contribution >= 0.6 is 0 Å². The molecule has 2 N–H and O–H groups in total. The molecule has 0 heterocycles. The lowest BCUT2D eigenvalue weighted by Crippen LogP contribution is -2.28. The van der Waals surface area contributed by atoms with E-state index in [1.165, 1.54) is 0 Å². The van der Waals surface area contributed by atoms with Gasteiger partial charge in [-0.1, -0.05) is 38.5 Å². The van der Waals surface area contributed by atoms with Crippen LogP contribution in [0.15, 0.2) is 24.3 Å². The maximum absolute atomic E-state index is 11.6. The molecule has 3 heteroatoms. The highest BCUT2D eigenvalue weighted by Gasteiger charge is 2.11. The minimum absolute atomic E-state index is 0.0378. The van der Waals surface area contributed by atoms with Crippen molar-refractivity contribution >= 4 is 5.91 Å². The summed E-state index contributed by atoms with van der Waals surface area (Å²) in [6.07, 6.45) is 1.90. The Bertz CT molecular complexity index is 350.